The molecule has 0 heterocycles. The van der Waals surface area contributed by atoms with E-state index in [4.69, 9.17) is 0 Å². The highest BCUT2D eigenvalue weighted by Crippen LogP contribution is 2.23. The van der Waals surface area contributed by atoms with E-state index in [1.54, 1.807) is 18.2 Å². The number of phenolic OH excluding ortho intramolecular Hbond substituents is 1. The number of aryl methyl sites for hydroxylation is 1. The van der Waals surface area contributed by atoms with Crippen molar-refractivity contribution in [2.45, 2.75) is 32.7 Å². The topological polar surface area (TPSA) is 23.5 Å². The minimum Gasteiger partial charge on any atom is -0.508 e. The van der Waals surface area contributed by atoms with Gasteiger partial charge >= 0.3 is 0 Å². The lowest BCUT2D eigenvalue weighted by molar-refractivity contribution is 0.475. The fourth-order valence-corrected chi connectivity index (χ4v) is 2.60. The molecular weight excluding hydrogens is 265 g/mol. The molecular formula is C18H22FNO. The van der Waals surface area contributed by atoms with Gasteiger partial charge in [0.05, 0.1) is 5.69 Å². The molecule has 0 amide bonds. The molecule has 0 saturated heterocycles. The molecule has 2 rings (SSSR count). The lowest BCUT2D eigenvalue weighted by Gasteiger charge is -2.30. The van der Waals surface area contributed by atoms with Crippen molar-refractivity contribution in [1.29, 1.82) is 0 Å². The number of rotatable bonds is 6. The maximum absolute atomic E-state index is 13.9. The third-order valence-electron chi connectivity index (χ3n) is 3.82. The third-order valence-corrected chi connectivity index (χ3v) is 3.82. The van der Waals surface area contributed by atoms with Crippen molar-refractivity contribution < 1.29 is 9.50 Å². The van der Waals surface area contributed by atoms with Crippen LogP contribution in [0.3, 0.4) is 0 Å². The van der Waals surface area contributed by atoms with Gasteiger partial charge in [0, 0.05) is 12.6 Å². The number of nitrogens with zero attached hydrogens (tertiary/aromatic N) is 1. The molecule has 1 N–H and O–H groups in total. The molecule has 0 radical (unpaired) electrons. The van der Waals surface area contributed by atoms with Crippen molar-refractivity contribution in [3.05, 3.63) is 59.9 Å². The highest BCUT2D eigenvalue weighted by molar-refractivity contribution is 5.48. The maximum atomic E-state index is 13.9. The Labute approximate surface area is 125 Å². The van der Waals surface area contributed by atoms with E-state index in [0.29, 0.717) is 5.69 Å². The van der Waals surface area contributed by atoms with Gasteiger partial charge in [-0.1, -0.05) is 24.3 Å². The Hall–Kier alpha value is -2.03. The van der Waals surface area contributed by atoms with Gasteiger partial charge in [-0.25, -0.2) is 4.39 Å². The summed E-state index contributed by atoms with van der Waals surface area (Å²) in [6, 6.07) is 14.4. The Morgan fingerprint density at radius 2 is 1.76 bits per heavy atom. The van der Waals surface area contributed by atoms with Crippen LogP contribution in [0.25, 0.3) is 0 Å². The van der Waals surface area contributed by atoms with Crippen molar-refractivity contribution in [2.75, 3.05) is 11.4 Å². The molecule has 0 aliphatic heterocycles. The number of para-hydroxylation sites is 1. The first kappa shape index (κ1) is 15.4. The van der Waals surface area contributed by atoms with E-state index in [9.17, 15) is 9.50 Å². The molecule has 2 aromatic carbocycles. The first-order valence-corrected chi connectivity index (χ1v) is 7.41. The second-order valence-corrected chi connectivity index (χ2v) is 5.29. The zero-order valence-corrected chi connectivity index (χ0v) is 12.6. The van der Waals surface area contributed by atoms with E-state index >= 15 is 0 Å². The van der Waals surface area contributed by atoms with E-state index in [0.717, 1.165) is 19.4 Å². The molecule has 2 aromatic rings. The Kier molecular flexibility index (Phi) is 5.20. The highest BCUT2D eigenvalue weighted by atomic mass is 19.1. The summed E-state index contributed by atoms with van der Waals surface area (Å²) in [5.41, 5.74) is 1.85. The summed E-state index contributed by atoms with van der Waals surface area (Å²) >= 11 is 0. The second-order valence-electron chi connectivity index (χ2n) is 5.29. The molecule has 21 heavy (non-hydrogen) atoms. The van der Waals surface area contributed by atoms with Crippen LogP contribution in [0.1, 0.15) is 25.8 Å². The fraction of sp³-hybridized carbons (Fsp3) is 0.333. The molecule has 1 unspecified atom stereocenters. The quantitative estimate of drug-likeness (QED) is 0.852. The second kappa shape index (κ2) is 7.11. The summed E-state index contributed by atoms with van der Waals surface area (Å²) in [4.78, 5) is 2.09. The van der Waals surface area contributed by atoms with Crippen molar-refractivity contribution in [3.8, 4) is 5.75 Å². The van der Waals surface area contributed by atoms with Crippen LogP contribution < -0.4 is 4.90 Å². The molecule has 0 spiro atoms. The SMILES string of the molecule is CCN(c1ccccc1F)C(C)CCc1ccc(O)cc1. The Morgan fingerprint density at radius 1 is 1.10 bits per heavy atom. The van der Waals surface area contributed by atoms with Gasteiger partial charge < -0.3 is 10.0 Å². The zero-order chi connectivity index (χ0) is 15.2. The third kappa shape index (κ3) is 3.97. The van der Waals surface area contributed by atoms with E-state index in [1.807, 2.05) is 31.2 Å². The minimum atomic E-state index is -0.171. The number of benzene rings is 2. The van der Waals surface area contributed by atoms with E-state index in [2.05, 4.69) is 11.8 Å². The summed E-state index contributed by atoms with van der Waals surface area (Å²) < 4.78 is 13.9. The Bertz CT molecular complexity index is 568. The highest BCUT2D eigenvalue weighted by Gasteiger charge is 2.15. The van der Waals surface area contributed by atoms with Crippen LogP contribution in [0, 0.1) is 5.82 Å². The molecule has 0 saturated carbocycles. The zero-order valence-electron chi connectivity index (χ0n) is 12.6. The molecule has 112 valence electrons. The molecule has 0 aliphatic carbocycles. The summed E-state index contributed by atoms with van der Waals surface area (Å²) in [7, 11) is 0. The normalized spacial score (nSPS) is 12.1. The van der Waals surface area contributed by atoms with Gasteiger partial charge in [0.15, 0.2) is 0 Å². The van der Waals surface area contributed by atoms with E-state index in [-0.39, 0.29) is 17.6 Å². The lowest BCUT2D eigenvalue weighted by Crippen LogP contribution is -2.33. The summed E-state index contributed by atoms with van der Waals surface area (Å²) in [5, 5.41) is 9.29. The number of halogens is 1. The summed E-state index contributed by atoms with van der Waals surface area (Å²) in [5.74, 6) is 0.115. The predicted octanol–water partition coefficient (Wildman–Crippen LogP) is 4.38. The Balaban J connectivity index is 2.02. The summed E-state index contributed by atoms with van der Waals surface area (Å²) in [6.07, 6.45) is 1.85. The molecule has 0 aliphatic rings. The van der Waals surface area contributed by atoms with Gasteiger partial charge in [-0.05, 0) is 56.5 Å². The van der Waals surface area contributed by atoms with Crippen LogP contribution in [0.4, 0.5) is 10.1 Å². The van der Waals surface area contributed by atoms with Crippen LogP contribution in [-0.2, 0) is 6.42 Å². The molecule has 1 atom stereocenters. The average Bonchev–Trinajstić information content (AvgIpc) is 2.49. The fourth-order valence-electron chi connectivity index (χ4n) is 2.60. The minimum absolute atomic E-state index is 0.171. The van der Waals surface area contributed by atoms with Crippen molar-refractivity contribution in [1.82, 2.24) is 0 Å². The van der Waals surface area contributed by atoms with Gasteiger partial charge in [-0.15, -0.1) is 0 Å². The summed E-state index contributed by atoms with van der Waals surface area (Å²) in [6.45, 7) is 4.94. The van der Waals surface area contributed by atoms with Crippen molar-refractivity contribution in [2.24, 2.45) is 0 Å². The smallest absolute Gasteiger partial charge is 0.146 e. The van der Waals surface area contributed by atoms with E-state index < -0.39 is 0 Å². The molecule has 3 heteroatoms. The molecule has 0 aromatic heterocycles. The Morgan fingerprint density at radius 3 is 2.38 bits per heavy atom. The number of aromatic hydroxyl groups is 1. The van der Waals surface area contributed by atoms with Gasteiger partial charge in [-0.2, -0.15) is 0 Å². The molecule has 0 bridgehead atoms. The standard InChI is InChI=1S/C18H22FNO/c1-3-20(18-7-5-4-6-17(18)19)14(2)8-9-15-10-12-16(21)13-11-15/h4-7,10-14,21H,3,8-9H2,1-2H3. The van der Waals surface area contributed by atoms with Crippen molar-refractivity contribution >= 4 is 5.69 Å². The van der Waals surface area contributed by atoms with E-state index in [1.165, 1.54) is 11.6 Å². The number of phenols is 1. The van der Waals surface area contributed by atoms with Crippen LogP contribution in [0.15, 0.2) is 48.5 Å². The monoisotopic (exact) mass is 287 g/mol. The number of hydrogen-bond donors (Lipinski definition) is 1. The molecule has 2 nitrogen and oxygen atoms in total. The first-order chi connectivity index (χ1) is 10.1. The van der Waals surface area contributed by atoms with Crippen LogP contribution in [-0.4, -0.2) is 17.7 Å². The number of hydrogen-bond acceptors (Lipinski definition) is 2. The first-order valence-electron chi connectivity index (χ1n) is 7.41. The van der Waals surface area contributed by atoms with Gasteiger partial charge in [0.25, 0.3) is 0 Å². The number of anilines is 1. The van der Waals surface area contributed by atoms with Crippen LogP contribution >= 0.6 is 0 Å². The van der Waals surface area contributed by atoms with Gasteiger partial charge in [0.2, 0.25) is 0 Å². The average molecular weight is 287 g/mol. The predicted molar refractivity (Wildman–Crippen MR) is 85.3 cm³/mol. The molecule has 0 fully saturated rings. The van der Waals surface area contributed by atoms with Crippen LogP contribution in [0.2, 0.25) is 0 Å². The van der Waals surface area contributed by atoms with Gasteiger partial charge in [-0.3, -0.25) is 0 Å². The lowest BCUT2D eigenvalue weighted by atomic mass is 10.0. The van der Waals surface area contributed by atoms with Gasteiger partial charge in [0.1, 0.15) is 11.6 Å². The largest absolute Gasteiger partial charge is 0.508 e. The van der Waals surface area contributed by atoms with Crippen LogP contribution in [0.5, 0.6) is 5.75 Å². The maximum Gasteiger partial charge on any atom is 0.146 e. The van der Waals surface area contributed by atoms with Crippen molar-refractivity contribution in [3.63, 3.8) is 0 Å².